The van der Waals surface area contributed by atoms with Crippen molar-refractivity contribution < 1.29 is 24.9 Å². The van der Waals surface area contributed by atoms with E-state index >= 15 is 0 Å². The van der Waals surface area contributed by atoms with Crippen LogP contribution >= 0.6 is 0 Å². The number of carbonyl (C=O) groups is 2. The van der Waals surface area contributed by atoms with Gasteiger partial charge in [-0.25, -0.2) is 0 Å². The zero-order valence-corrected chi connectivity index (χ0v) is 9.11. The van der Waals surface area contributed by atoms with Gasteiger partial charge in [0.15, 0.2) is 0 Å². The summed E-state index contributed by atoms with van der Waals surface area (Å²) in [6, 6.07) is 0. The Morgan fingerprint density at radius 1 is 1.40 bits per heavy atom. The molecular weight excluding hydrogens is 247 g/mol. The number of aliphatic carboxylic acids is 2. The zero-order valence-electron chi connectivity index (χ0n) is 5.07. The van der Waals surface area contributed by atoms with Crippen molar-refractivity contribution in [3.8, 4) is 0 Å². The minimum atomic E-state index is -1.96. The second-order valence-corrected chi connectivity index (χ2v) is 1.41. The molecule has 10 heavy (non-hydrogen) atoms. The summed E-state index contributed by atoms with van der Waals surface area (Å²) >= 11 is 0. The van der Waals surface area contributed by atoms with Gasteiger partial charge in [0.1, 0.15) is 0 Å². The Labute approximate surface area is 73.6 Å². The molecule has 0 aliphatic carbocycles. The van der Waals surface area contributed by atoms with Crippen LogP contribution in [0.4, 0.5) is 0 Å². The van der Waals surface area contributed by atoms with E-state index in [1.807, 2.05) is 0 Å². The van der Waals surface area contributed by atoms with Gasteiger partial charge in [-0.15, -0.1) is 0 Å². The van der Waals surface area contributed by atoms with Gasteiger partial charge in [-0.2, -0.15) is 0 Å². The van der Waals surface area contributed by atoms with Crippen LogP contribution in [0.15, 0.2) is 0 Å². The Morgan fingerprint density at radius 2 is 1.80 bits per heavy atom. The van der Waals surface area contributed by atoms with Gasteiger partial charge < -0.3 is 24.9 Å². The molecule has 0 aromatic rings. The van der Waals surface area contributed by atoms with E-state index in [0.717, 1.165) is 0 Å². The maximum absolute atomic E-state index is 9.58. The molecule has 0 spiro atoms. The van der Waals surface area contributed by atoms with E-state index in [-0.39, 0.29) is 23.9 Å². The number of aliphatic hydroxyl groups is 1. The van der Waals surface area contributed by atoms with Gasteiger partial charge in [0.25, 0.3) is 0 Å². The number of hydrogen-bond donors (Lipinski definition) is 1. The fourth-order valence-corrected chi connectivity index (χ4v) is 0.241. The Morgan fingerprint density at radius 3 is 1.90 bits per heavy atom. The molecule has 1 unspecified atom stereocenters. The molecule has 1 N–H and O–H groups in total. The summed E-state index contributed by atoms with van der Waals surface area (Å²) in [6.07, 6.45) is -2.89. The average molecular weight is 253 g/mol. The summed E-state index contributed by atoms with van der Waals surface area (Å²) < 4.78 is 0. The summed E-state index contributed by atoms with van der Waals surface area (Å²) in [5.74, 6) is -3.43. The van der Waals surface area contributed by atoms with Crippen molar-refractivity contribution in [2.24, 2.45) is 0 Å². The van der Waals surface area contributed by atoms with Crippen LogP contribution < -0.4 is 10.2 Å². The predicted molar refractivity (Wildman–Crippen MR) is 29.2 cm³/mol. The third-order valence-electron chi connectivity index (χ3n) is 0.632. The zero-order chi connectivity index (χ0) is 7.44. The van der Waals surface area contributed by atoms with Crippen molar-refractivity contribution in [1.29, 1.82) is 0 Å². The van der Waals surface area contributed by atoms with E-state index < -0.39 is 24.5 Å². The van der Waals surface area contributed by atoms with Crippen LogP contribution in [-0.2, 0) is 9.59 Å². The summed E-state index contributed by atoms with van der Waals surface area (Å²) in [6.45, 7) is 0. The van der Waals surface area contributed by atoms with Crippen molar-refractivity contribution in [2.45, 2.75) is 12.5 Å². The van der Waals surface area contributed by atoms with Gasteiger partial charge in [-0.05, 0) is 0 Å². The molecule has 1 atom stereocenters. The topological polar surface area (TPSA) is 100 Å². The number of hydrogen-bond acceptors (Lipinski definition) is 5. The Balaban J connectivity index is 0. The van der Waals surface area contributed by atoms with Crippen LogP contribution in [0, 0.1) is 0 Å². The number of aliphatic hydroxyl groups excluding tert-OH is 1. The molecule has 56 valence electrons. The average Bonchev–Trinajstić information content (AvgIpc) is 1.63. The van der Waals surface area contributed by atoms with Crippen LogP contribution in [0.2, 0.25) is 0 Å². The van der Waals surface area contributed by atoms with E-state index in [4.69, 9.17) is 5.11 Å². The van der Waals surface area contributed by atoms with Crippen molar-refractivity contribution in [3.63, 3.8) is 0 Å². The first-order valence-electron chi connectivity index (χ1n) is 2.13. The van der Waals surface area contributed by atoms with Gasteiger partial charge in [0, 0.05) is 12.4 Å². The summed E-state index contributed by atoms with van der Waals surface area (Å²) in [5.41, 5.74) is 0. The number of carboxylic acids is 2. The Kier molecular flexibility index (Phi) is 6.79. The normalized spacial score (nSPS) is 11.3. The first-order valence-corrected chi connectivity index (χ1v) is 2.13. The molecule has 0 saturated carbocycles. The van der Waals surface area contributed by atoms with Gasteiger partial charge in [0.05, 0.1) is 12.1 Å². The first-order chi connectivity index (χ1) is 4.04. The third-order valence-corrected chi connectivity index (χ3v) is 0.632. The minimum absolute atomic E-state index is 0. The predicted octanol–water partition coefficient (Wildman–Crippen LogP) is -4.68. The fraction of sp³-hybridized carbons (Fsp3) is 0.500. The van der Waals surface area contributed by atoms with Crippen molar-refractivity contribution >= 4 is 35.8 Å². The second kappa shape index (κ2) is 5.48. The molecule has 0 aromatic heterocycles. The first kappa shape index (κ1) is 12.4. The second-order valence-electron chi connectivity index (χ2n) is 1.41. The van der Waals surface area contributed by atoms with Crippen molar-refractivity contribution in [2.75, 3.05) is 0 Å². The summed E-state index contributed by atoms with van der Waals surface area (Å²) in [4.78, 5) is 19.1. The molecule has 0 aliphatic rings. The third kappa shape index (κ3) is 5.83. The van der Waals surface area contributed by atoms with Crippen LogP contribution in [0.5, 0.6) is 0 Å². The molecule has 5 nitrogen and oxygen atoms in total. The van der Waals surface area contributed by atoms with Crippen molar-refractivity contribution in [3.05, 3.63) is 0 Å². The van der Waals surface area contributed by atoms with Gasteiger partial charge in [0.2, 0.25) is 0 Å². The molecule has 0 heterocycles. The van der Waals surface area contributed by atoms with Crippen LogP contribution in [0.1, 0.15) is 6.42 Å². The molecule has 0 bridgehead atoms. The van der Waals surface area contributed by atoms with E-state index in [9.17, 15) is 19.8 Å². The summed E-state index contributed by atoms with van der Waals surface area (Å²) in [5, 5.41) is 27.3. The van der Waals surface area contributed by atoms with Crippen LogP contribution in [-0.4, -0.2) is 47.1 Å². The van der Waals surface area contributed by atoms with Gasteiger partial charge in [-0.3, -0.25) is 0 Å². The van der Waals surface area contributed by atoms with Gasteiger partial charge >= 0.3 is 23.9 Å². The van der Waals surface area contributed by atoms with E-state index in [2.05, 4.69) is 0 Å². The number of carbonyl (C=O) groups excluding carboxylic acids is 2. The Hall–Kier alpha value is -0.301. The fourth-order valence-electron chi connectivity index (χ4n) is 0.241. The molecule has 0 fully saturated rings. The SMILES string of the molecule is O=C([O-])CC(O)C(=O)[O-].[SnH2+2]. The molecule has 0 rings (SSSR count). The standard InChI is InChI=1S/C4H6O5.Sn.2H/c5-2(4(8)9)1-3(6)7;;;/h2,5H,1H2,(H,6,7)(H,8,9);;;/q;+2;;/p-2. The van der Waals surface area contributed by atoms with Crippen molar-refractivity contribution in [1.82, 2.24) is 0 Å². The summed E-state index contributed by atoms with van der Waals surface area (Å²) in [7, 11) is 0. The van der Waals surface area contributed by atoms with E-state index in [1.165, 1.54) is 0 Å². The van der Waals surface area contributed by atoms with E-state index in [1.54, 1.807) is 0 Å². The molecule has 0 radical (unpaired) electrons. The number of carboxylic acid groups (broad SMARTS) is 2. The van der Waals surface area contributed by atoms with E-state index in [0.29, 0.717) is 0 Å². The van der Waals surface area contributed by atoms with Crippen LogP contribution in [0.3, 0.4) is 0 Å². The molecule has 0 saturated heterocycles. The quantitative estimate of drug-likeness (QED) is 0.509. The molecule has 0 aliphatic heterocycles. The Bertz CT molecular complexity index is 134. The van der Waals surface area contributed by atoms with Gasteiger partial charge in [-0.1, -0.05) is 0 Å². The monoisotopic (exact) mass is 254 g/mol. The molecule has 6 heteroatoms. The van der Waals surface area contributed by atoms with Crippen LogP contribution in [0.25, 0.3) is 0 Å². The molecule has 0 aromatic carbocycles. The number of rotatable bonds is 3. The maximum atomic E-state index is 9.58. The molecule has 0 amide bonds. The molecular formula is C4H6O5Sn.